The summed E-state index contributed by atoms with van der Waals surface area (Å²) in [5, 5.41) is 6.89. The predicted molar refractivity (Wildman–Crippen MR) is 104 cm³/mol. The summed E-state index contributed by atoms with van der Waals surface area (Å²) in [6.07, 6.45) is 1.99. The normalized spacial score (nSPS) is 20.1. The summed E-state index contributed by atoms with van der Waals surface area (Å²) in [6, 6.07) is 0. The second-order valence-electron chi connectivity index (χ2n) is 8.31. The van der Waals surface area contributed by atoms with E-state index in [-0.39, 0.29) is 23.7 Å². The first-order chi connectivity index (χ1) is 12.7. The van der Waals surface area contributed by atoms with Crippen molar-refractivity contribution in [1.82, 2.24) is 19.6 Å². The molecule has 0 aromatic heterocycles. The molecule has 2 rings (SSSR count). The van der Waals surface area contributed by atoms with Crippen LogP contribution in [-0.4, -0.2) is 109 Å². The van der Waals surface area contributed by atoms with Gasteiger partial charge in [-0.15, -0.1) is 0 Å². The largest absolute Gasteiger partial charge is 0.483 e. The summed E-state index contributed by atoms with van der Waals surface area (Å²) in [5.74, 6) is 0.400. The van der Waals surface area contributed by atoms with E-state index < -0.39 is 0 Å². The fraction of sp³-hybridized carbons (Fsp3) is 0.842. The van der Waals surface area contributed by atoms with Crippen LogP contribution in [-0.2, 0) is 14.4 Å². The molecule has 2 heterocycles. The topological polar surface area (TPSA) is 84.4 Å². The van der Waals surface area contributed by atoms with E-state index in [4.69, 9.17) is 9.90 Å². The van der Waals surface area contributed by atoms with Crippen LogP contribution in [0.4, 0.5) is 0 Å². The Balaban J connectivity index is 0.00000114. The lowest BCUT2D eigenvalue weighted by Crippen LogP contribution is -2.44. The fourth-order valence-electron chi connectivity index (χ4n) is 3.39. The molecule has 0 saturated carbocycles. The molecule has 27 heavy (non-hydrogen) atoms. The van der Waals surface area contributed by atoms with Crippen LogP contribution >= 0.6 is 0 Å². The molecule has 0 aromatic carbocycles. The Kier molecular flexibility index (Phi) is 9.73. The Bertz CT molecular complexity index is 493. The van der Waals surface area contributed by atoms with Gasteiger partial charge in [-0.05, 0) is 33.0 Å². The van der Waals surface area contributed by atoms with Crippen molar-refractivity contribution in [2.45, 2.75) is 33.6 Å². The first kappa shape index (κ1) is 23.4. The highest BCUT2D eigenvalue weighted by Gasteiger charge is 2.29. The molecule has 156 valence electrons. The van der Waals surface area contributed by atoms with Crippen LogP contribution in [0.2, 0.25) is 0 Å². The van der Waals surface area contributed by atoms with Crippen molar-refractivity contribution in [2.24, 2.45) is 5.41 Å². The number of carboxylic acid groups (broad SMARTS) is 1. The standard InChI is InChI=1S/C18H34N4O2.CH2O2/c1-18(2,3)17(24)22-10-6-9-21(13-14-22)16(23)15-20-8-5-7-19(4)11-12-20;2-1-3/h5-15H2,1-4H3;1H,(H,2,3). The molecule has 0 spiro atoms. The first-order valence-electron chi connectivity index (χ1n) is 9.75. The third-order valence-electron chi connectivity index (χ3n) is 4.95. The number of hydrogen-bond donors (Lipinski definition) is 1. The van der Waals surface area contributed by atoms with Gasteiger partial charge in [0, 0.05) is 44.7 Å². The average molecular weight is 385 g/mol. The SMILES string of the molecule is CN1CCCN(CC(=O)N2CCCN(C(=O)C(C)(C)C)CC2)CC1.O=CO. The molecule has 0 aliphatic carbocycles. The summed E-state index contributed by atoms with van der Waals surface area (Å²) in [4.78, 5) is 41.9. The molecular formula is C19H36N4O4. The van der Waals surface area contributed by atoms with Crippen molar-refractivity contribution in [2.75, 3.05) is 66.0 Å². The van der Waals surface area contributed by atoms with E-state index in [0.29, 0.717) is 19.6 Å². The lowest BCUT2D eigenvalue weighted by atomic mass is 9.94. The first-order valence-corrected chi connectivity index (χ1v) is 9.75. The number of carbonyl (C=O) groups excluding carboxylic acids is 2. The van der Waals surface area contributed by atoms with Crippen LogP contribution in [0.5, 0.6) is 0 Å². The van der Waals surface area contributed by atoms with Crippen LogP contribution in [0.3, 0.4) is 0 Å². The van der Waals surface area contributed by atoms with Gasteiger partial charge in [0.15, 0.2) is 0 Å². The summed E-state index contributed by atoms with van der Waals surface area (Å²) >= 11 is 0. The maximum Gasteiger partial charge on any atom is 0.290 e. The van der Waals surface area contributed by atoms with Gasteiger partial charge in [-0.2, -0.15) is 0 Å². The smallest absolute Gasteiger partial charge is 0.290 e. The monoisotopic (exact) mass is 384 g/mol. The molecule has 2 amide bonds. The zero-order chi connectivity index (χ0) is 20.4. The maximum absolute atomic E-state index is 12.7. The molecule has 8 heteroatoms. The predicted octanol–water partition coefficient (Wildman–Crippen LogP) is 0.432. The molecule has 2 fully saturated rings. The zero-order valence-corrected chi connectivity index (χ0v) is 17.3. The summed E-state index contributed by atoms with van der Waals surface area (Å²) in [7, 11) is 2.14. The summed E-state index contributed by atoms with van der Waals surface area (Å²) < 4.78 is 0. The third-order valence-corrected chi connectivity index (χ3v) is 4.95. The molecule has 0 unspecified atom stereocenters. The van der Waals surface area contributed by atoms with Crippen molar-refractivity contribution < 1.29 is 19.5 Å². The second-order valence-corrected chi connectivity index (χ2v) is 8.31. The van der Waals surface area contributed by atoms with Gasteiger partial charge in [-0.1, -0.05) is 20.8 Å². The van der Waals surface area contributed by atoms with Crippen LogP contribution in [0.25, 0.3) is 0 Å². The Morgan fingerprint density at radius 1 is 0.889 bits per heavy atom. The van der Waals surface area contributed by atoms with Crippen molar-refractivity contribution in [3.05, 3.63) is 0 Å². The Labute approximate surface area is 163 Å². The van der Waals surface area contributed by atoms with Gasteiger partial charge >= 0.3 is 0 Å². The van der Waals surface area contributed by atoms with E-state index >= 15 is 0 Å². The highest BCUT2D eigenvalue weighted by atomic mass is 16.3. The zero-order valence-electron chi connectivity index (χ0n) is 17.3. The Hall–Kier alpha value is -1.67. The number of amides is 2. The van der Waals surface area contributed by atoms with Gasteiger partial charge in [0.05, 0.1) is 6.54 Å². The number of hydrogen-bond acceptors (Lipinski definition) is 5. The lowest BCUT2D eigenvalue weighted by molar-refractivity contribution is -0.140. The second kappa shape index (κ2) is 11.2. The van der Waals surface area contributed by atoms with E-state index in [1.54, 1.807) is 0 Å². The quantitative estimate of drug-likeness (QED) is 0.695. The molecule has 0 bridgehead atoms. The summed E-state index contributed by atoms with van der Waals surface area (Å²) in [5.41, 5.74) is -0.350. The van der Waals surface area contributed by atoms with Gasteiger partial charge in [-0.25, -0.2) is 0 Å². The van der Waals surface area contributed by atoms with Crippen LogP contribution < -0.4 is 0 Å². The molecular weight excluding hydrogens is 348 g/mol. The van der Waals surface area contributed by atoms with Crippen molar-refractivity contribution in [3.63, 3.8) is 0 Å². The van der Waals surface area contributed by atoms with E-state index in [1.165, 1.54) is 0 Å². The minimum absolute atomic E-state index is 0.187. The van der Waals surface area contributed by atoms with E-state index in [2.05, 4.69) is 16.8 Å². The highest BCUT2D eigenvalue weighted by molar-refractivity contribution is 5.82. The third kappa shape index (κ3) is 8.26. The number of nitrogens with zero attached hydrogens (tertiary/aromatic N) is 4. The Morgan fingerprint density at radius 2 is 1.44 bits per heavy atom. The van der Waals surface area contributed by atoms with Gasteiger partial charge in [0.2, 0.25) is 11.8 Å². The van der Waals surface area contributed by atoms with E-state index in [9.17, 15) is 9.59 Å². The maximum atomic E-state index is 12.7. The van der Waals surface area contributed by atoms with Gasteiger partial charge in [-0.3, -0.25) is 19.3 Å². The number of likely N-dealkylation sites (N-methyl/N-ethyl adjacent to an activating group) is 1. The summed E-state index contributed by atoms with van der Waals surface area (Å²) in [6.45, 7) is 13.1. The Morgan fingerprint density at radius 3 is 2.07 bits per heavy atom. The van der Waals surface area contributed by atoms with E-state index in [0.717, 1.165) is 52.1 Å². The average Bonchev–Trinajstić information content (AvgIpc) is 2.95. The van der Waals surface area contributed by atoms with Gasteiger partial charge < -0.3 is 19.8 Å². The highest BCUT2D eigenvalue weighted by Crippen LogP contribution is 2.18. The molecule has 0 atom stereocenters. The minimum atomic E-state index is -0.350. The molecule has 2 saturated heterocycles. The van der Waals surface area contributed by atoms with Crippen LogP contribution in [0, 0.1) is 5.41 Å². The van der Waals surface area contributed by atoms with Gasteiger partial charge in [0.25, 0.3) is 6.47 Å². The van der Waals surface area contributed by atoms with Crippen molar-refractivity contribution in [1.29, 1.82) is 0 Å². The molecule has 2 aliphatic rings. The molecule has 0 radical (unpaired) electrons. The number of carbonyl (C=O) groups is 3. The molecule has 0 aromatic rings. The van der Waals surface area contributed by atoms with Gasteiger partial charge in [0.1, 0.15) is 0 Å². The minimum Gasteiger partial charge on any atom is -0.483 e. The number of rotatable bonds is 2. The van der Waals surface area contributed by atoms with Crippen LogP contribution in [0.1, 0.15) is 33.6 Å². The molecule has 1 N–H and O–H groups in total. The molecule has 8 nitrogen and oxygen atoms in total. The van der Waals surface area contributed by atoms with Crippen molar-refractivity contribution in [3.8, 4) is 0 Å². The van der Waals surface area contributed by atoms with E-state index in [1.807, 2.05) is 30.6 Å². The van der Waals surface area contributed by atoms with Crippen molar-refractivity contribution >= 4 is 18.3 Å². The molecule has 2 aliphatic heterocycles. The van der Waals surface area contributed by atoms with Crippen LogP contribution in [0.15, 0.2) is 0 Å². The lowest BCUT2D eigenvalue weighted by Gasteiger charge is -2.29. The fourth-order valence-corrected chi connectivity index (χ4v) is 3.39.